The molecule has 0 aromatic heterocycles. The van der Waals surface area contributed by atoms with E-state index in [1.54, 1.807) is 19.2 Å². The van der Waals surface area contributed by atoms with Gasteiger partial charge in [0, 0.05) is 57.1 Å². The van der Waals surface area contributed by atoms with Crippen molar-refractivity contribution in [2.24, 2.45) is 11.3 Å². The number of hydrogen-bond donors (Lipinski definition) is 0. The number of halogens is 1. The number of rotatable bonds is 5. The van der Waals surface area contributed by atoms with Gasteiger partial charge in [0.2, 0.25) is 5.91 Å². The zero-order chi connectivity index (χ0) is 27.6. The molecule has 7 nitrogen and oxygen atoms in total. The molecule has 4 fully saturated rings. The van der Waals surface area contributed by atoms with Crippen LogP contribution in [0.3, 0.4) is 0 Å². The van der Waals surface area contributed by atoms with Crippen molar-refractivity contribution in [3.63, 3.8) is 0 Å². The van der Waals surface area contributed by atoms with Crippen LogP contribution in [-0.2, 0) is 9.59 Å². The summed E-state index contributed by atoms with van der Waals surface area (Å²) in [5.74, 6) is 0.0985. The first-order valence-electron chi connectivity index (χ1n) is 14.2. The van der Waals surface area contributed by atoms with E-state index >= 15 is 0 Å². The molecule has 5 rings (SSSR count). The molecule has 4 saturated heterocycles. The van der Waals surface area contributed by atoms with E-state index in [1.807, 2.05) is 29.7 Å². The van der Waals surface area contributed by atoms with Crippen LogP contribution in [0.15, 0.2) is 24.3 Å². The second-order valence-electron chi connectivity index (χ2n) is 13.6. The van der Waals surface area contributed by atoms with Crippen molar-refractivity contribution in [3.8, 4) is 0 Å². The van der Waals surface area contributed by atoms with Crippen LogP contribution in [0.4, 0.5) is 9.18 Å². The van der Waals surface area contributed by atoms with Crippen molar-refractivity contribution in [2.75, 3.05) is 26.7 Å². The number of benzene rings is 1. The molecule has 0 saturated carbocycles. The van der Waals surface area contributed by atoms with E-state index in [1.165, 1.54) is 11.0 Å². The molecule has 0 aliphatic carbocycles. The maximum Gasteiger partial charge on any atom is 0.327 e. The fraction of sp³-hybridized carbons (Fsp3) is 0.700. The first-order valence-corrected chi connectivity index (χ1v) is 14.2. The van der Waals surface area contributed by atoms with Gasteiger partial charge in [-0.05, 0) is 68.6 Å². The van der Waals surface area contributed by atoms with Gasteiger partial charge >= 0.3 is 6.03 Å². The molecule has 8 heteroatoms. The number of fused-ring (bicyclic) bond motifs is 2. The van der Waals surface area contributed by atoms with Crippen molar-refractivity contribution in [1.82, 2.24) is 19.6 Å². The Hall–Kier alpha value is -2.48. The summed E-state index contributed by atoms with van der Waals surface area (Å²) in [6, 6.07) is 7.03. The molecule has 4 aliphatic rings. The average Bonchev–Trinajstić information content (AvgIpc) is 3.40. The van der Waals surface area contributed by atoms with Gasteiger partial charge in [-0.15, -0.1) is 0 Å². The van der Waals surface area contributed by atoms with Gasteiger partial charge < -0.3 is 9.80 Å². The van der Waals surface area contributed by atoms with Crippen LogP contribution in [0.25, 0.3) is 0 Å². The van der Waals surface area contributed by atoms with Gasteiger partial charge in [-0.1, -0.05) is 32.9 Å². The molecule has 2 unspecified atom stereocenters. The van der Waals surface area contributed by atoms with E-state index in [9.17, 15) is 18.8 Å². The number of carbonyl (C=O) groups excluding carboxylic acids is 3. The van der Waals surface area contributed by atoms with Crippen LogP contribution in [0.1, 0.15) is 78.2 Å². The molecule has 2 bridgehead atoms. The van der Waals surface area contributed by atoms with E-state index in [-0.39, 0.29) is 59.0 Å². The minimum Gasteiger partial charge on any atom is -0.342 e. The van der Waals surface area contributed by atoms with Crippen LogP contribution in [0.2, 0.25) is 0 Å². The predicted octanol–water partition coefficient (Wildman–Crippen LogP) is 4.47. The number of nitrogens with zero attached hydrogens (tertiary/aromatic N) is 4. The lowest BCUT2D eigenvalue weighted by atomic mass is 9.79. The van der Waals surface area contributed by atoms with E-state index in [2.05, 4.69) is 25.7 Å². The Bertz CT molecular complexity index is 1100. The third kappa shape index (κ3) is 4.63. The first-order chi connectivity index (χ1) is 17.8. The van der Waals surface area contributed by atoms with Crippen LogP contribution in [0, 0.1) is 17.2 Å². The molecule has 4 heterocycles. The number of imide groups is 1. The summed E-state index contributed by atoms with van der Waals surface area (Å²) in [5, 5.41) is 0. The Kier molecular flexibility index (Phi) is 6.86. The molecule has 208 valence electrons. The molecule has 1 spiro atoms. The Morgan fingerprint density at radius 3 is 2.34 bits per heavy atom. The number of likely N-dealkylation sites (tertiary alicyclic amines) is 1. The highest BCUT2D eigenvalue weighted by Gasteiger charge is 2.62. The van der Waals surface area contributed by atoms with Crippen molar-refractivity contribution >= 4 is 17.8 Å². The Labute approximate surface area is 226 Å². The number of amides is 4. The van der Waals surface area contributed by atoms with Crippen molar-refractivity contribution in [1.29, 1.82) is 0 Å². The minimum absolute atomic E-state index is 0.0445. The molecule has 4 atom stereocenters. The smallest absolute Gasteiger partial charge is 0.327 e. The molecule has 1 aromatic carbocycles. The third-order valence-electron chi connectivity index (χ3n) is 9.29. The topological polar surface area (TPSA) is 64.2 Å². The van der Waals surface area contributed by atoms with E-state index < -0.39 is 5.54 Å². The van der Waals surface area contributed by atoms with Crippen molar-refractivity contribution in [2.45, 2.75) is 96.3 Å². The van der Waals surface area contributed by atoms with Crippen molar-refractivity contribution < 1.29 is 18.8 Å². The predicted molar refractivity (Wildman–Crippen MR) is 144 cm³/mol. The van der Waals surface area contributed by atoms with Gasteiger partial charge in [-0.3, -0.25) is 19.4 Å². The van der Waals surface area contributed by atoms with Crippen LogP contribution in [0.5, 0.6) is 0 Å². The number of piperidine rings is 1. The zero-order valence-corrected chi connectivity index (χ0v) is 23.7. The summed E-state index contributed by atoms with van der Waals surface area (Å²) >= 11 is 0. The summed E-state index contributed by atoms with van der Waals surface area (Å²) in [5.41, 5.74) is 0.102. The number of urea groups is 1. The monoisotopic (exact) mass is 526 g/mol. The fourth-order valence-corrected chi connectivity index (χ4v) is 7.76. The third-order valence-corrected chi connectivity index (χ3v) is 9.29. The highest BCUT2D eigenvalue weighted by Crippen LogP contribution is 2.49. The minimum atomic E-state index is -0.755. The van der Waals surface area contributed by atoms with E-state index in [4.69, 9.17) is 0 Å². The lowest BCUT2D eigenvalue weighted by Crippen LogP contribution is -2.62. The standard InChI is InChI=1S/C30H43FN4O3/c1-19(2)35-28(38)32(6)27(37)30(35)13-23-10-11-24(14-30)34(23)17-21-16-33(26(36)15-29(3,4)5)18-25(21)20-8-7-9-22(31)12-20/h7-9,12,19,21,23-25H,10-11,13-18H2,1-6H3/t21-,23?,24?,25-,30?/m1/s1. The second kappa shape index (κ2) is 9.61. The molecule has 0 N–H and O–H groups in total. The number of carbonyl (C=O) groups is 3. The quantitative estimate of drug-likeness (QED) is 0.531. The van der Waals surface area contributed by atoms with Gasteiger partial charge in [0.15, 0.2) is 0 Å². The molecule has 4 amide bonds. The Balaban J connectivity index is 1.38. The van der Waals surface area contributed by atoms with Gasteiger partial charge in [0.25, 0.3) is 5.91 Å². The van der Waals surface area contributed by atoms with Gasteiger partial charge in [0.1, 0.15) is 11.4 Å². The molecular formula is C30H43FN4O3. The number of likely N-dealkylation sites (N-methyl/N-ethyl adjacent to an activating group) is 1. The first kappa shape index (κ1) is 27.1. The highest BCUT2D eigenvalue weighted by atomic mass is 19.1. The fourth-order valence-electron chi connectivity index (χ4n) is 7.76. The SMILES string of the molecule is CC(C)N1C(=O)N(C)C(=O)C12CC1CCC(C2)N1C[C@H]1CN(C(=O)CC(C)(C)C)C[C@@H]1c1cccc(F)c1. The summed E-state index contributed by atoms with van der Waals surface area (Å²) < 4.78 is 14.2. The van der Waals surface area contributed by atoms with Gasteiger partial charge in [-0.2, -0.15) is 0 Å². The normalized spacial score (nSPS) is 31.9. The molecule has 0 radical (unpaired) electrons. The second-order valence-corrected chi connectivity index (χ2v) is 13.6. The van der Waals surface area contributed by atoms with Crippen LogP contribution >= 0.6 is 0 Å². The lowest BCUT2D eigenvalue weighted by molar-refractivity contribution is -0.137. The van der Waals surface area contributed by atoms with Gasteiger partial charge in [0.05, 0.1) is 0 Å². The summed E-state index contributed by atoms with van der Waals surface area (Å²) in [6.07, 6.45) is 3.81. The maximum absolute atomic E-state index is 14.2. The van der Waals surface area contributed by atoms with E-state index in [0.717, 1.165) is 24.9 Å². The van der Waals surface area contributed by atoms with Crippen LogP contribution < -0.4 is 0 Å². The van der Waals surface area contributed by atoms with Crippen LogP contribution in [-0.4, -0.2) is 87.8 Å². The van der Waals surface area contributed by atoms with E-state index in [0.29, 0.717) is 32.4 Å². The van der Waals surface area contributed by atoms with Crippen molar-refractivity contribution in [3.05, 3.63) is 35.6 Å². The lowest BCUT2D eigenvalue weighted by Gasteiger charge is -2.48. The summed E-state index contributed by atoms with van der Waals surface area (Å²) in [4.78, 5) is 47.3. The Morgan fingerprint density at radius 2 is 1.76 bits per heavy atom. The highest BCUT2D eigenvalue weighted by molar-refractivity contribution is 6.07. The molecular weight excluding hydrogens is 483 g/mol. The average molecular weight is 527 g/mol. The Morgan fingerprint density at radius 1 is 1.11 bits per heavy atom. The summed E-state index contributed by atoms with van der Waals surface area (Å²) in [6.45, 7) is 12.3. The maximum atomic E-state index is 14.2. The van der Waals surface area contributed by atoms with Gasteiger partial charge in [-0.25, -0.2) is 9.18 Å². The molecule has 38 heavy (non-hydrogen) atoms. The summed E-state index contributed by atoms with van der Waals surface area (Å²) in [7, 11) is 1.61. The molecule has 4 aliphatic heterocycles. The zero-order valence-electron chi connectivity index (χ0n) is 23.7. The largest absolute Gasteiger partial charge is 0.342 e. The molecule has 1 aromatic rings. The number of hydrogen-bond acceptors (Lipinski definition) is 4.